The highest BCUT2D eigenvalue weighted by Crippen LogP contribution is 2.50. The molecule has 2 heterocycles. The number of nitrogens with zero attached hydrogens (tertiary/aromatic N) is 1. The van der Waals surface area contributed by atoms with E-state index in [1.807, 2.05) is 0 Å². The van der Waals surface area contributed by atoms with E-state index in [0.29, 0.717) is 6.92 Å². The highest BCUT2D eigenvalue weighted by Gasteiger charge is 2.64. The number of carbonyl (C=O) groups excluding carboxylic acids is 1. The Hall–Kier alpha value is -0.960. The summed E-state index contributed by atoms with van der Waals surface area (Å²) in [4.78, 5) is 23.8. The van der Waals surface area contributed by atoms with Crippen LogP contribution in [0.2, 0.25) is 0 Å². The summed E-state index contributed by atoms with van der Waals surface area (Å²) in [5.41, 5.74) is 0. The zero-order chi connectivity index (χ0) is 15.5. The lowest BCUT2D eigenvalue weighted by atomic mass is 9.96. The maximum Gasteiger partial charge on any atom is 0.327 e. The molecule has 2 aliphatic heterocycles. The molecule has 2 aliphatic rings. The molecule has 0 aromatic rings. The number of hydrogen-bond donors (Lipinski definition) is 2. The van der Waals surface area contributed by atoms with Crippen molar-refractivity contribution in [3.8, 4) is 0 Å². The fourth-order valence-corrected chi connectivity index (χ4v) is 4.17. The topological polar surface area (TPSA) is 69.6 Å². The van der Waals surface area contributed by atoms with Crippen LogP contribution in [0.15, 0.2) is 0 Å². The van der Waals surface area contributed by atoms with Crippen molar-refractivity contribution in [1.82, 2.24) is 10.2 Å². The molecule has 20 heavy (non-hydrogen) atoms. The molecule has 112 valence electrons. The third kappa shape index (κ3) is 2.26. The van der Waals surface area contributed by atoms with E-state index in [2.05, 4.69) is 17.5 Å². The van der Waals surface area contributed by atoms with Gasteiger partial charge in [0.1, 0.15) is 22.4 Å². The molecule has 9 heteroatoms. The number of amides is 1. The number of aliphatic carboxylic acids is 1. The highest BCUT2D eigenvalue weighted by atomic mass is 32.2. The van der Waals surface area contributed by atoms with E-state index in [1.165, 1.54) is 16.7 Å². The standard InChI is InChI=1S/C11H14F2N2O3S2/c1-10(2)5(8(17)18)15-6(16)4(7(15)20-10)14-9(19)11(3,12)13/h4-5,7H,1-3H3,(H,14,19)(H,17,18)/t4-,5+,7-/m1/s1. The average molecular weight is 324 g/mol. The molecule has 5 nitrogen and oxygen atoms in total. The Kier molecular flexibility index (Phi) is 3.49. The van der Waals surface area contributed by atoms with Crippen LogP contribution in [0.3, 0.4) is 0 Å². The minimum absolute atomic E-state index is 0.487. The van der Waals surface area contributed by atoms with Crippen LogP contribution in [-0.4, -0.2) is 55.0 Å². The Bertz CT molecular complexity index is 493. The lowest BCUT2D eigenvalue weighted by Gasteiger charge is -2.44. The molecular weight excluding hydrogens is 310 g/mol. The van der Waals surface area contributed by atoms with Crippen molar-refractivity contribution < 1.29 is 23.5 Å². The number of hydrogen-bond acceptors (Lipinski definition) is 4. The summed E-state index contributed by atoms with van der Waals surface area (Å²) < 4.78 is 25.4. The van der Waals surface area contributed by atoms with E-state index in [4.69, 9.17) is 0 Å². The van der Waals surface area contributed by atoms with Crippen LogP contribution >= 0.6 is 24.0 Å². The molecule has 0 saturated carbocycles. The van der Waals surface area contributed by atoms with Crippen LogP contribution in [0, 0.1) is 0 Å². The Morgan fingerprint density at radius 2 is 2.10 bits per heavy atom. The van der Waals surface area contributed by atoms with Crippen molar-refractivity contribution in [2.45, 2.75) is 48.9 Å². The quantitative estimate of drug-likeness (QED) is 0.598. The number of rotatable bonds is 3. The minimum atomic E-state index is -3.21. The van der Waals surface area contributed by atoms with Crippen LogP contribution < -0.4 is 5.32 Å². The predicted octanol–water partition coefficient (Wildman–Crippen LogP) is 1.07. The minimum Gasteiger partial charge on any atom is -0.480 e. The molecule has 0 bridgehead atoms. The SMILES string of the molecule is CC(F)(F)C(=S)N[C@@H]1C(=O)N2[C@@H]1SC(C)(C)[C@@H]2C(=O)O. The summed E-state index contributed by atoms with van der Waals surface area (Å²) >= 11 is 5.84. The number of carboxylic acids is 1. The van der Waals surface area contributed by atoms with Gasteiger partial charge in [0.05, 0.1) is 0 Å². The van der Waals surface area contributed by atoms with E-state index in [1.54, 1.807) is 13.8 Å². The normalized spacial score (nSPS) is 31.6. The van der Waals surface area contributed by atoms with Gasteiger partial charge in [-0.2, -0.15) is 8.78 Å². The fraction of sp³-hybridized carbons (Fsp3) is 0.727. The highest BCUT2D eigenvalue weighted by molar-refractivity contribution is 8.01. The molecule has 3 atom stereocenters. The summed E-state index contributed by atoms with van der Waals surface area (Å²) in [7, 11) is 0. The van der Waals surface area contributed by atoms with Gasteiger partial charge in [-0.05, 0) is 13.8 Å². The van der Waals surface area contributed by atoms with Gasteiger partial charge in [-0.1, -0.05) is 12.2 Å². The lowest BCUT2D eigenvalue weighted by molar-refractivity contribution is -0.159. The molecule has 0 aliphatic carbocycles. The molecular formula is C11H14F2N2O3S2. The van der Waals surface area contributed by atoms with E-state index in [-0.39, 0.29) is 0 Å². The zero-order valence-electron chi connectivity index (χ0n) is 11.0. The maximum absolute atomic E-state index is 13.0. The summed E-state index contributed by atoms with van der Waals surface area (Å²) in [5, 5.41) is 11.1. The molecule has 0 aromatic carbocycles. The summed E-state index contributed by atoms with van der Waals surface area (Å²) in [6.45, 7) is 4.08. The van der Waals surface area contributed by atoms with Gasteiger partial charge in [0, 0.05) is 11.7 Å². The molecule has 2 rings (SSSR count). The Balaban J connectivity index is 2.15. The first-order chi connectivity index (χ1) is 8.97. The molecule has 0 radical (unpaired) electrons. The second kappa shape index (κ2) is 4.52. The van der Waals surface area contributed by atoms with Crippen LogP contribution in [0.4, 0.5) is 8.78 Å². The van der Waals surface area contributed by atoms with Crippen LogP contribution in [0.25, 0.3) is 0 Å². The first kappa shape index (κ1) is 15.4. The average Bonchev–Trinajstić information content (AvgIpc) is 2.53. The van der Waals surface area contributed by atoms with Crippen LogP contribution in [0.1, 0.15) is 20.8 Å². The molecule has 2 N–H and O–H groups in total. The first-order valence-electron chi connectivity index (χ1n) is 5.88. The molecule has 1 amide bonds. The molecule has 2 saturated heterocycles. The Labute approximate surface area is 124 Å². The van der Waals surface area contributed by atoms with Crippen molar-refractivity contribution in [2.75, 3.05) is 0 Å². The van der Waals surface area contributed by atoms with Gasteiger partial charge < -0.3 is 15.3 Å². The van der Waals surface area contributed by atoms with Crippen molar-refractivity contribution in [3.05, 3.63) is 0 Å². The predicted molar refractivity (Wildman–Crippen MR) is 73.9 cm³/mol. The lowest BCUT2D eigenvalue weighted by Crippen LogP contribution is -2.71. The number of halogens is 2. The number of carbonyl (C=O) groups is 2. The monoisotopic (exact) mass is 324 g/mol. The van der Waals surface area contributed by atoms with Gasteiger partial charge in [0.15, 0.2) is 0 Å². The van der Waals surface area contributed by atoms with Gasteiger partial charge in [-0.15, -0.1) is 11.8 Å². The van der Waals surface area contributed by atoms with E-state index >= 15 is 0 Å². The maximum atomic E-state index is 13.0. The second-order valence-electron chi connectivity index (χ2n) is 5.44. The first-order valence-corrected chi connectivity index (χ1v) is 7.17. The third-order valence-corrected chi connectivity index (χ3v) is 5.41. The number of carboxylic acid groups (broad SMARTS) is 1. The van der Waals surface area contributed by atoms with E-state index in [9.17, 15) is 23.5 Å². The summed E-state index contributed by atoms with van der Waals surface area (Å²) in [5.74, 6) is -4.81. The molecule has 0 aromatic heterocycles. The van der Waals surface area contributed by atoms with Gasteiger partial charge in [-0.3, -0.25) is 4.79 Å². The van der Waals surface area contributed by atoms with Crippen molar-refractivity contribution in [3.63, 3.8) is 0 Å². The molecule has 0 unspecified atom stereocenters. The smallest absolute Gasteiger partial charge is 0.327 e. The van der Waals surface area contributed by atoms with Crippen LogP contribution in [-0.2, 0) is 9.59 Å². The van der Waals surface area contributed by atoms with Gasteiger partial charge in [0.25, 0.3) is 5.92 Å². The molecule has 2 fully saturated rings. The Morgan fingerprint density at radius 3 is 2.55 bits per heavy atom. The Morgan fingerprint density at radius 1 is 1.55 bits per heavy atom. The number of β-lactam (4-membered cyclic amide) rings is 1. The number of thioether (sulfide) groups is 1. The second-order valence-corrected chi connectivity index (χ2v) is 7.62. The van der Waals surface area contributed by atoms with Crippen molar-refractivity contribution in [2.24, 2.45) is 0 Å². The fourth-order valence-electron chi connectivity index (χ4n) is 2.41. The van der Waals surface area contributed by atoms with Crippen molar-refractivity contribution >= 4 is 40.8 Å². The number of nitrogens with one attached hydrogen (secondary N) is 1. The zero-order valence-corrected chi connectivity index (χ0v) is 12.6. The summed E-state index contributed by atoms with van der Waals surface area (Å²) in [6, 6.07) is -1.85. The van der Waals surface area contributed by atoms with Gasteiger partial charge in [0.2, 0.25) is 5.91 Å². The van der Waals surface area contributed by atoms with Gasteiger partial charge in [-0.25, -0.2) is 4.79 Å². The van der Waals surface area contributed by atoms with E-state index < -0.39 is 45.0 Å². The number of thiocarbonyl (C=S) groups is 1. The largest absolute Gasteiger partial charge is 0.480 e. The van der Waals surface area contributed by atoms with Crippen LogP contribution in [0.5, 0.6) is 0 Å². The van der Waals surface area contributed by atoms with Crippen molar-refractivity contribution in [1.29, 1.82) is 0 Å². The van der Waals surface area contributed by atoms with Gasteiger partial charge >= 0.3 is 5.97 Å². The summed E-state index contributed by atoms with van der Waals surface area (Å²) in [6.07, 6.45) is 0. The van der Waals surface area contributed by atoms with E-state index in [0.717, 1.165) is 0 Å². The number of alkyl halides is 2. The number of fused-ring (bicyclic) bond motifs is 1. The molecule has 0 spiro atoms. The third-order valence-electron chi connectivity index (χ3n) is 3.36.